The zero-order chi connectivity index (χ0) is 29.4. The highest BCUT2D eigenvalue weighted by atomic mass is 32.2. The average molecular weight is 577 g/mol. The molecule has 0 radical (unpaired) electrons. The van der Waals surface area contributed by atoms with Crippen LogP contribution in [-0.4, -0.2) is 53.6 Å². The molecule has 3 aromatic rings. The molecule has 9 nitrogen and oxygen atoms in total. The molecule has 1 fully saturated rings. The molecule has 0 saturated carbocycles. The highest BCUT2D eigenvalue weighted by Gasteiger charge is 2.49. The Labute approximate surface area is 216 Å². The van der Waals surface area contributed by atoms with Gasteiger partial charge in [0.25, 0.3) is 15.7 Å². The lowest BCUT2D eigenvalue weighted by Gasteiger charge is -2.22. The van der Waals surface area contributed by atoms with Crippen molar-refractivity contribution in [1.82, 2.24) is 10.3 Å². The number of carbonyl (C=O) groups is 3. The van der Waals surface area contributed by atoms with Gasteiger partial charge >= 0.3 is 23.7 Å². The number of hydrogen-bond acceptors (Lipinski definition) is 6. The number of rotatable bonds is 4. The first-order valence-electron chi connectivity index (χ1n) is 10.6. The Morgan fingerprint density at radius 3 is 2.10 bits per heavy atom. The van der Waals surface area contributed by atoms with Gasteiger partial charge in [0, 0.05) is 18.0 Å². The van der Waals surface area contributed by atoms with Crippen LogP contribution < -0.4 is 10.2 Å². The summed E-state index contributed by atoms with van der Waals surface area (Å²) < 4.78 is 93.0. The number of pyridine rings is 1. The van der Waals surface area contributed by atoms with Gasteiger partial charge in [-0.15, -0.1) is 0 Å². The van der Waals surface area contributed by atoms with Crippen LogP contribution in [0.25, 0.3) is 10.9 Å². The van der Waals surface area contributed by atoms with Crippen LogP contribution >= 0.6 is 0 Å². The Morgan fingerprint density at radius 2 is 1.56 bits per heavy atom. The summed E-state index contributed by atoms with van der Waals surface area (Å²) in [6.45, 7) is 1.55. The number of fused-ring (bicyclic) bond motifs is 1. The highest BCUT2D eigenvalue weighted by molar-refractivity contribution is 7.92. The van der Waals surface area contributed by atoms with Gasteiger partial charge in [0.15, 0.2) is 0 Å². The van der Waals surface area contributed by atoms with Gasteiger partial charge < -0.3 is 10.4 Å². The summed E-state index contributed by atoms with van der Waals surface area (Å²) in [5.41, 5.74) is -5.32. The average Bonchev–Trinajstić information content (AvgIpc) is 3.06. The third-order valence-corrected chi connectivity index (χ3v) is 7.00. The molecule has 1 aliphatic rings. The van der Waals surface area contributed by atoms with E-state index >= 15 is 0 Å². The van der Waals surface area contributed by atoms with Crippen molar-refractivity contribution < 1.29 is 54.3 Å². The number of amides is 3. The Kier molecular flexibility index (Phi) is 7.65. The van der Waals surface area contributed by atoms with E-state index in [1.165, 1.54) is 0 Å². The normalized spacial score (nSPS) is 18.0. The van der Waals surface area contributed by atoms with Crippen LogP contribution in [0.3, 0.4) is 0 Å². The third kappa shape index (κ3) is 5.94. The first kappa shape index (κ1) is 29.3. The SMILES string of the molecule is C[C@]1(Cc2ccnc3ccccc23)NC(=O)N(c2ccc(S(=O)(=O)C(F)(F)F)cc2)C1=O.O=C(O)C(F)(F)F. The number of urea groups is 1. The van der Waals surface area contributed by atoms with Crippen molar-refractivity contribution in [2.24, 2.45) is 0 Å². The monoisotopic (exact) mass is 577 g/mol. The Hall–Kier alpha value is -4.21. The van der Waals surface area contributed by atoms with E-state index in [-0.39, 0.29) is 12.1 Å². The Morgan fingerprint density at radius 1 is 1.00 bits per heavy atom. The van der Waals surface area contributed by atoms with Crippen molar-refractivity contribution in [3.8, 4) is 0 Å². The fourth-order valence-electron chi connectivity index (χ4n) is 3.64. The smallest absolute Gasteiger partial charge is 0.475 e. The molecular weight excluding hydrogens is 560 g/mol. The van der Waals surface area contributed by atoms with Gasteiger partial charge in [-0.1, -0.05) is 18.2 Å². The van der Waals surface area contributed by atoms with E-state index < -0.39 is 49.9 Å². The number of imide groups is 1. The lowest BCUT2D eigenvalue weighted by atomic mass is 9.91. The summed E-state index contributed by atoms with van der Waals surface area (Å²) in [6.07, 6.45) is -3.34. The molecule has 4 rings (SSSR count). The van der Waals surface area contributed by atoms with Crippen LogP contribution in [0.4, 0.5) is 36.8 Å². The minimum atomic E-state index is -5.54. The molecule has 0 aliphatic carbocycles. The van der Waals surface area contributed by atoms with Gasteiger partial charge in [-0.25, -0.2) is 22.9 Å². The number of aliphatic carboxylic acids is 1. The maximum atomic E-state index is 13.1. The van der Waals surface area contributed by atoms with Gasteiger partial charge in [-0.3, -0.25) is 9.78 Å². The zero-order valence-electron chi connectivity index (χ0n) is 19.5. The van der Waals surface area contributed by atoms with Gasteiger partial charge in [0.2, 0.25) is 0 Å². The predicted octanol–water partition coefficient (Wildman–Crippen LogP) is 4.22. The van der Waals surface area contributed by atoms with Crippen LogP contribution in [0.5, 0.6) is 0 Å². The van der Waals surface area contributed by atoms with E-state index in [4.69, 9.17) is 9.90 Å². The number of nitrogens with zero attached hydrogens (tertiary/aromatic N) is 2. The molecule has 0 spiro atoms. The van der Waals surface area contributed by atoms with E-state index in [1.807, 2.05) is 24.3 Å². The van der Waals surface area contributed by atoms with E-state index in [2.05, 4.69) is 10.3 Å². The molecule has 1 aromatic heterocycles. The lowest BCUT2D eigenvalue weighted by Crippen LogP contribution is -2.46. The summed E-state index contributed by atoms with van der Waals surface area (Å²) >= 11 is 0. The van der Waals surface area contributed by atoms with Gasteiger partial charge in [0.1, 0.15) is 5.54 Å². The molecule has 16 heteroatoms. The standard InChI is InChI=1S/C21H16F3N3O4S.C2HF3O2/c1-20(12-13-10-11-25-17-5-3-2-4-16(13)17)18(28)27(19(29)26-20)14-6-8-15(9-7-14)32(30,31)21(22,23)24;3-2(4,5)1(6)7/h2-11H,12H2,1H3,(H,26,29);(H,6,7)/t20-;/m1./s1. The van der Waals surface area contributed by atoms with Gasteiger partial charge in [0.05, 0.1) is 16.1 Å². The maximum Gasteiger partial charge on any atom is 0.501 e. The largest absolute Gasteiger partial charge is 0.501 e. The topological polar surface area (TPSA) is 134 Å². The van der Waals surface area contributed by atoms with Gasteiger partial charge in [-0.2, -0.15) is 26.3 Å². The number of carboxylic acids is 1. The fraction of sp³-hybridized carbons (Fsp3) is 0.217. The molecule has 0 bridgehead atoms. The second kappa shape index (κ2) is 10.2. The number of halogens is 6. The molecule has 39 heavy (non-hydrogen) atoms. The number of alkyl halides is 6. The van der Waals surface area contributed by atoms with E-state index in [0.29, 0.717) is 12.1 Å². The minimum absolute atomic E-state index is 0.0445. The molecule has 1 saturated heterocycles. The zero-order valence-corrected chi connectivity index (χ0v) is 20.4. The summed E-state index contributed by atoms with van der Waals surface area (Å²) in [5.74, 6) is -3.37. The van der Waals surface area contributed by atoms with Crippen LogP contribution in [-0.2, 0) is 25.8 Å². The predicted molar refractivity (Wildman–Crippen MR) is 123 cm³/mol. The van der Waals surface area contributed by atoms with Crippen molar-refractivity contribution in [1.29, 1.82) is 0 Å². The van der Waals surface area contributed by atoms with Crippen molar-refractivity contribution in [3.05, 3.63) is 66.4 Å². The Bertz CT molecular complexity index is 1540. The van der Waals surface area contributed by atoms with Crippen molar-refractivity contribution in [2.45, 2.75) is 35.5 Å². The lowest BCUT2D eigenvalue weighted by molar-refractivity contribution is -0.192. The minimum Gasteiger partial charge on any atom is -0.475 e. The molecule has 2 N–H and O–H groups in total. The number of carbonyl (C=O) groups excluding carboxylic acids is 2. The van der Waals surface area contributed by atoms with Crippen LogP contribution in [0.15, 0.2) is 65.7 Å². The molecule has 2 heterocycles. The van der Waals surface area contributed by atoms with Crippen molar-refractivity contribution in [2.75, 3.05) is 4.90 Å². The van der Waals surface area contributed by atoms with Crippen LogP contribution in [0.1, 0.15) is 12.5 Å². The summed E-state index contributed by atoms with van der Waals surface area (Å²) in [6, 6.07) is 11.7. The first-order chi connectivity index (χ1) is 17.9. The molecular formula is C23H17F6N3O6S. The summed E-state index contributed by atoms with van der Waals surface area (Å²) in [4.78, 5) is 38.7. The molecule has 3 amide bonds. The first-order valence-corrected chi connectivity index (χ1v) is 12.1. The van der Waals surface area contributed by atoms with E-state index in [1.54, 1.807) is 19.2 Å². The molecule has 0 unspecified atom stereocenters. The van der Waals surface area contributed by atoms with E-state index in [9.17, 15) is 44.3 Å². The maximum absolute atomic E-state index is 13.1. The second-order valence-electron chi connectivity index (χ2n) is 8.31. The number of sulfone groups is 1. The number of aromatic nitrogens is 1. The molecule has 1 atom stereocenters. The molecule has 208 valence electrons. The Balaban J connectivity index is 0.000000532. The number of hydrogen-bond donors (Lipinski definition) is 2. The number of benzene rings is 2. The number of nitrogens with one attached hydrogen (secondary N) is 1. The summed E-state index contributed by atoms with van der Waals surface area (Å²) in [7, 11) is -5.54. The second-order valence-corrected chi connectivity index (χ2v) is 10.3. The van der Waals surface area contributed by atoms with Crippen LogP contribution in [0.2, 0.25) is 0 Å². The van der Waals surface area contributed by atoms with Gasteiger partial charge in [-0.05, 0) is 48.9 Å². The number of para-hydroxylation sites is 1. The van der Waals surface area contributed by atoms with E-state index in [0.717, 1.165) is 33.5 Å². The third-order valence-electron chi connectivity index (χ3n) is 5.50. The quantitative estimate of drug-likeness (QED) is 0.350. The molecule has 2 aromatic carbocycles. The highest BCUT2D eigenvalue weighted by Crippen LogP contribution is 2.33. The van der Waals surface area contributed by atoms with Crippen molar-refractivity contribution in [3.63, 3.8) is 0 Å². The van der Waals surface area contributed by atoms with Crippen LogP contribution in [0, 0.1) is 0 Å². The summed E-state index contributed by atoms with van der Waals surface area (Å²) in [5, 5.41) is 10.6. The fourth-order valence-corrected chi connectivity index (χ4v) is 4.40. The number of anilines is 1. The molecule has 1 aliphatic heterocycles. The van der Waals surface area contributed by atoms with Crippen molar-refractivity contribution >= 4 is 44.3 Å². The number of carboxylic acid groups (broad SMARTS) is 1.